The molecule has 0 aromatic heterocycles. The number of cyclic esters (lactones) is 1. The van der Waals surface area contributed by atoms with Crippen LogP contribution < -0.4 is 0 Å². The Kier molecular flexibility index (Phi) is 2.33. The number of carbonyl (C=O) groups excluding carboxylic acids is 1. The van der Waals surface area contributed by atoms with E-state index in [-0.39, 0.29) is 6.09 Å². The van der Waals surface area contributed by atoms with E-state index in [1.807, 2.05) is 0 Å². The molecule has 12 heavy (non-hydrogen) atoms. The van der Waals surface area contributed by atoms with E-state index in [2.05, 4.69) is 13.2 Å². The molecule has 0 unspecified atom stereocenters. The van der Waals surface area contributed by atoms with E-state index in [0.717, 1.165) is 5.57 Å². The van der Waals surface area contributed by atoms with Crippen LogP contribution in [0.5, 0.6) is 0 Å². The Balaban J connectivity index is 2.97. The number of likely N-dealkylation sites (N-methyl/N-ethyl adjacent to an activating group) is 1. The molecule has 1 heterocycles. The van der Waals surface area contributed by atoms with Gasteiger partial charge in [0, 0.05) is 12.6 Å². The molecule has 1 rings (SSSR count). The van der Waals surface area contributed by atoms with Crippen LogP contribution in [-0.4, -0.2) is 24.6 Å². The predicted octanol–water partition coefficient (Wildman–Crippen LogP) is 1.69. The van der Waals surface area contributed by atoms with E-state index in [4.69, 9.17) is 4.74 Å². The van der Waals surface area contributed by atoms with Gasteiger partial charge in [0.05, 0.1) is 6.54 Å². The molecule has 3 nitrogen and oxygen atoms in total. The van der Waals surface area contributed by atoms with Crippen molar-refractivity contribution in [3.05, 3.63) is 36.6 Å². The van der Waals surface area contributed by atoms with Gasteiger partial charge in [-0.15, -0.1) is 0 Å². The maximum absolute atomic E-state index is 11.0. The van der Waals surface area contributed by atoms with Crippen LogP contribution in [0.25, 0.3) is 0 Å². The molecule has 0 fully saturated rings. The van der Waals surface area contributed by atoms with Gasteiger partial charge in [-0.1, -0.05) is 19.2 Å². The van der Waals surface area contributed by atoms with E-state index in [9.17, 15) is 4.79 Å². The second-order valence-corrected chi connectivity index (χ2v) is 2.52. The Labute approximate surface area is 71.6 Å². The highest BCUT2D eigenvalue weighted by Crippen LogP contribution is 2.16. The summed E-state index contributed by atoms with van der Waals surface area (Å²) in [6, 6.07) is 0. The lowest BCUT2D eigenvalue weighted by Gasteiger charge is -2.24. The van der Waals surface area contributed by atoms with Crippen LogP contribution in [0.2, 0.25) is 0 Å². The summed E-state index contributed by atoms with van der Waals surface area (Å²) in [7, 11) is 1.67. The summed E-state index contributed by atoms with van der Waals surface area (Å²) < 4.78 is 4.93. The van der Waals surface area contributed by atoms with Gasteiger partial charge in [0.25, 0.3) is 0 Å². The summed E-state index contributed by atoms with van der Waals surface area (Å²) >= 11 is 0. The van der Waals surface area contributed by atoms with Crippen LogP contribution in [0.3, 0.4) is 0 Å². The molecule has 0 N–H and O–H groups in total. The first-order chi connectivity index (χ1) is 5.69. The largest absolute Gasteiger partial charge is 0.415 e. The van der Waals surface area contributed by atoms with E-state index in [0.29, 0.717) is 12.3 Å². The lowest BCUT2D eigenvalue weighted by molar-refractivity contribution is 0.134. The van der Waals surface area contributed by atoms with Crippen molar-refractivity contribution in [1.82, 2.24) is 4.90 Å². The maximum Gasteiger partial charge on any atom is 0.415 e. The normalized spacial score (nSPS) is 17.4. The van der Waals surface area contributed by atoms with Crippen molar-refractivity contribution in [1.29, 1.82) is 0 Å². The van der Waals surface area contributed by atoms with Crippen LogP contribution in [0.1, 0.15) is 0 Å². The topological polar surface area (TPSA) is 29.5 Å². The predicted molar refractivity (Wildman–Crippen MR) is 46.5 cm³/mol. The minimum Gasteiger partial charge on any atom is -0.410 e. The third-order valence-electron chi connectivity index (χ3n) is 1.66. The summed E-state index contributed by atoms with van der Waals surface area (Å²) in [6.07, 6.45) is 2.83. The monoisotopic (exact) mass is 165 g/mol. The molecule has 0 spiro atoms. The smallest absolute Gasteiger partial charge is 0.410 e. The molecule has 0 atom stereocenters. The first-order valence-corrected chi connectivity index (χ1v) is 3.60. The van der Waals surface area contributed by atoms with Crippen LogP contribution in [0.4, 0.5) is 4.79 Å². The molecule has 3 heteroatoms. The SMILES string of the molecule is C=CC1=C(C=C)OC(=O)N(C)C1. The summed E-state index contributed by atoms with van der Waals surface area (Å²) in [5.74, 6) is 0.508. The molecule has 1 aliphatic heterocycles. The number of hydrogen-bond acceptors (Lipinski definition) is 2. The third kappa shape index (κ3) is 1.39. The highest BCUT2D eigenvalue weighted by Gasteiger charge is 2.20. The van der Waals surface area contributed by atoms with Crippen molar-refractivity contribution >= 4 is 6.09 Å². The van der Waals surface area contributed by atoms with Gasteiger partial charge >= 0.3 is 6.09 Å². The minimum absolute atomic E-state index is 0.351. The first-order valence-electron chi connectivity index (χ1n) is 3.60. The zero-order chi connectivity index (χ0) is 9.14. The van der Waals surface area contributed by atoms with Gasteiger partial charge in [-0.3, -0.25) is 0 Å². The van der Waals surface area contributed by atoms with Gasteiger partial charge in [0.2, 0.25) is 0 Å². The fourth-order valence-corrected chi connectivity index (χ4v) is 0.973. The lowest BCUT2D eigenvalue weighted by Crippen LogP contribution is -2.33. The maximum atomic E-state index is 11.0. The second kappa shape index (κ2) is 3.26. The highest BCUT2D eigenvalue weighted by molar-refractivity contribution is 5.71. The molecule has 0 aliphatic carbocycles. The summed E-state index contributed by atoms with van der Waals surface area (Å²) in [5, 5.41) is 0. The van der Waals surface area contributed by atoms with Gasteiger partial charge in [-0.05, 0) is 6.08 Å². The number of amides is 1. The van der Waals surface area contributed by atoms with Crippen molar-refractivity contribution in [3.63, 3.8) is 0 Å². The van der Waals surface area contributed by atoms with Crippen LogP contribution in [0.15, 0.2) is 36.6 Å². The average Bonchev–Trinajstić information content (AvgIpc) is 2.09. The Morgan fingerprint density at radius 3 is 2.67 bits per heavy atom. The third-order valence-corrected chi connectivity index (χ3v) is 1.66. The molecule has 0 aromatic carbocycles. The van der Waals surface area contributed by atoms with Crippen LogP contribution in [-0.2, 0) is 4.74 Å². The van der Waals surface area contributed by atoms with Crippen molar-refractivity contribution in [3.8, 4) is 0 Å². The van der Waals surface area contributed by atoms with E-state index >= 15 is 0 Å². The molecule has 1 aliphatic rings. The second-order valence-electron chi connectivity index (χ2n) is 2.52. The van der Waals surface area contributed by atoms with Gasteiger partial charge in [0.1, 0.15) is 5.76 Å². The number of ether oxygens (including phenoxy) is 1. The Morgan fingerprint density at radius 2 is 2.17 bits per heavy atom. The van der Waals surface area contributed by atoms with Crippen molar-refractivity contribution in [2.24, 2.45) is 0 Å². The molecule has 0 bridgehead atoms. The quantitative estimate of drug-likeness (QED) is 0.623. The van der Waals surface area contributed by atoms with Crippen LogP contribution in [0, 0.1) is 0 Å². The fourth-order valence-electron chi connectivity index (χ4n) is 0.973. The summed E-state index contributed by atoms with van der Waals surface area (Å²) in [6.45, 7) is 7.69. The van der Waals surface area contributed by atoms with Gasteiger partial charge in [0.15, 0.2) is 0 Å². The van der Waals surface area contributed by atoms with Gasteiger partial charge in [-0.2, -0.15) is 0 Å². The average molecular weight is 165 g/mol. The number of allylic oxidation sites excluding steroid dienone is 1. The first kappa shape index (κ1) is 8.59. The van der Waals surface area contributed by atoms with E-state index in [1.165, 1.54) is 11.0 Å². The molecule has 0 radical (unpaired) electrons. The van der Waals surface area contributed by atoms with E-state index < -0.39 is 0 Å². The van der Waals surface area contributed by atoms with Crippen molar-refractivity contribution < 1.29 is 9.53 Å². The molecule has 0 saturated carbocycles. The number of hydrogen-bond donors (Lipinski definition) is 0. The summed E-state index contributed by atoms with van der Waals surface area (Å²) in [4.78, 5) is 12.5. The highest BCUT2D eigenvalue weighted by atomic mass is 16.6. The summed E-state index contributed by atoms with van der Waals surface area (Å²) in [5.41, 5.74) is 0.882. The number of rotatable bonds is 2. The molecular weight excluding hydrogens is 154 g/mol. The van der Waals surface area contributed by atoms with Crippen molar-refractivity contribution in [2.75, 3.05) is 13.6 Å². The molecule has 64 valence electrons. The molecule has 0 aromatic rings. The Hall–Kier alpha value is -1.51. The molecule has 0 saturated heterocycles. The van der Waals surface area contributed by atoms with E-state index in [1.54, 1.807) is 13.1 Å². The van der Waals surface area contributed by atoms with Gasteiger partial charge < -0.3 is 9.64 Å². The number of carbonyl (C=O) groups is 1. The van der Waals surface area contributed by atoms with Crippen molar-refractivity contribution in [2.45, 2.75) is 0 Å². The zero-order valence-electron chi connectivity index (χ0n) is 7.04. The van der Waals surface area contributed by atoms with Gasteiger partial charge in [-0.25, -0.2) is 4.79 Å². The molecular formula is C9H11NO2. The minimum atomic E-state index is -0.351. The lowest BCUT2D eigenvalue weighted by atomic mass is 10.2. The molecule has 1 amide bonds. The Bertz CT molecular complexity index is 266. The number of nitrogens with zero attached hydrogens (tertiary/aromatic N) is 1. The standard InChI is InChI=1S/C9H11NO2/c1-4-7-6-10(3)9(11)12-8(7)5-2/h4-5H,1-2,6H2,3H3. The Morgan fingerprint density at radius 1 is 1.50 bits per heavy atom. The van der Waals surface area contributed by atoms with Crippen LogP contribution >= 0.6 is 0 Å². The fraction of sp³-hybridized carbons (Fsp3) is 0.222. The zero-order valence-corrected chi connectivity index (χ0v) is 7.04.